The maximum Gasteiger partial charge on any atom is 0.323 e. The molecule has 0 aliphatic rings. The van der Waals surface area contributed by atoms with Crippen LogP contribution < -0.4 is 5.73 Å². The molecule has 1 unspecified atom stereocenters. The normalized spacial score (nSPS) is 14.9. The molecular weight excluding hydrogens is 204 g/mol. The minimum atomic E-state index is -1.23. The van der Waals surface area contributed by atoms with Gasteiger partial charge in [-0.15, -0.1) is 0 Å². The predicted octanol–water partition coefficient (Wildman–Crippen LogP) is 1.51. The van der Waals surface area contributed by atoms with Gasteiger partial charge < -0.3 is 15.8 Å². The lowest BCUT2D eigenvalue weighted by Gasteiger charge is -2.18. The summed E-state index contributed by atoms with van der Waals surface area (Å²) in [5.41, 5.74) is 6.43. The molecule has 0 radical (unpaired) electrons. The van der Waals surface area contributed by atoms with Gasteiger partial charge in [-0.05, 0) is 18.6 Å². The van der Waals surface area contributed by atoms with Crippen molar-refractivity contribution < 1.29 is 9.90 Å². The van der Waals surface area contributed by atoms with E-state index in [4.69, 9.17) is 10.8 Å². The number of aromatic nitrogens is 1. The molecule has 0 amide bonds. The number of fused-ring (bicyclic) bond motifs is 1. The highest BCUT2D eigenvalue weighted by molar-refractivity contribution is 5.85. The maximum atomic E-state index is 10.9. The van der Waals surface area contributed by atoms with Crippen molar-refractivity contribution >= 4 is 16.9 Å². The third kappa shape index (κ3) is 1.79. The SMILES string of the molecule is CC(N)(Cc1c[nH]c2ccccc12)C(=O)O. The molecule has 16 heavy (non-hydrogen) atoms. The lowest BCUT2D eigenvalue weighted by Crippen LogP contribution is -2.46. The Bertz CT molecular complexity index is 529. The van der Waals surface area contributed by atoms with E-state index in [1.54, 1.807) is 0 Å². The summed E-state index contributed by atoms with van der Waals surface area (Å²) in [6, 6.07) is 7.77. The number of carbonyl (C=O) groups is 1. The molecule has 4 heteroatoms. The Labute approximate surface area is 93.1 Å². The first-order valence-corrected chi connectivity index (χ1v) is 5.08. The number of aromatic amines is 1. The molecule has 0 saturated carbocycles. The number of hydrogen-bond donors (Lipinski definition) is 3. The maximum absolute atomic E-state index is 10.9. The number of nitrogens with two attached hydrogens (primary N) is 1. The van der Waals surface area contributed by atoms with Crippen LogP contribution in [0.25, 0.3) is 10.9 Å². The molecule has 1 aromatic heterocycles. The van der Waals surface area contributed by atoms with Gasteiger partial charge >= 0.3 is 5.97 Å². The molecule has 1 aromatic carbocycles. The van der Waals surface area contributed by atoms with E-state index in [9.17, 15) is 4.79 Å². The Hall–Kier alpha value is -1.81. The van der Waals surface area contributed by atoms with E-state index in [1.165, 1.54) is 6.92 Å². The quantitative estimate of drug-likeness (QED) is 0.730. The van der Waals surface area contributed by atoms with Crippen LogP contribution in [0.1, 0.15) is 12.5 Å². The fraction of sp³-hybridized carbons (Fsp3) is 0.250. The van der Waals surface area contributed by atoms with Crippen molar-refractivity contribution in [2.45, 2.75) is 18.9 Å². The summed E-state index contributed by atoms with van der Waals surface area (Å²) in [6.07, 6.45) is 2.13. The first kappa shape index (κ1) is 10.7. The van der Waals surface area contributed by atoms with Gasteiger partial charge in [-0.3, -0.25) is 4.79 Å². The summed E-state index contributed by atoms with van der Waals surface area (Å²) in [4.78, 5) is 14.0. The monoisotopic (exact) mass is 218 g/mol. The highest BCUT2D eigenvalue weighted by Crippen LogP contribution is 2.21. The molecule has 0 saturated heterocycles. The van der Waals surface area contributed by atoms with Crippen molar-refractivity contribution in [2.75, 3.05) is 0 Å². The van der Waals surface area contributed by atoms with Crippen LogP contribution in [0, 0.1) is 0 Å². The minimum absolute atomic E-state index is 0.312. The Kier molecular flexibility index (Phi) is 2.44. The third-order valence-electron chi connectivity index (χ3n) is 2.72. The van der Waals surface area contributed by atoms with Gasteiger partial charge in [0, 0.05) is 23.5 Å². The number of carboxylic acids is 1. The molecular formula is C12H14N2O2. The van der Waals surface area contributed by atoms with E-state index in [-0.39, 0.29) is 0 Å². The van der Waals surface area contributed by atoms with Crippen LogP contribution in [0.2, 0.25) is 0 Å². The first-order chi connectivity index (χ1) is 7.50. The fourth-order valence-corrected chi connectivity index (χ4v) is 1.75. The van der Waals surface area contributed by atoms with E-state index in [0.29, 0.717) is 6.42 Å². The molecule has 0 bridgehead atoms. The summed E-state index contributed by atoms with van der Waals surface area (Å²) < 4.78 is 0. The molecule has 0 spiro atoms. The topological polar surface area (TPSA) is 79.1 Å². The number of hydrogen-bond acceptors (Lipinski definition) is 2. The molecule has 0 aliphatic carbocycles. The second-order valence-corrected chi connectivity index (χ2v) is 4.26. The molecule has 2 rings (SSSR count). The Morgan fingerprint density at radius 2 is 2.19 bits per heavy atom. The van der Waals surface area contributed by atoms with Crippen LogP contribution in [0.5, 0.6) is 0 Å². The van der Waals surface area contributed by atoms with Crippen molar-refractivity contribution in [1.29, 1.82) is 0 Å². The summed E-state index contributed by atoms with van der Waals surface area (Å²) in [5, 5.41) is 10.0. The number of carboxylic acid groups (broad SMARTS) is 1. The van der Waals surface area contributed by atoms with E-state index in [2.05, 4.69) is 4.98 Å². The third-order valence-corrected chi connectivity index (χ3v) is 2.72. The van der Waals surface area contributed by atoms with E-state index in [0.717, 1.165) is 16.5 Å². The van der Waals surface area contributed by atoms with Gasteiger partial charge in [-0.25, -0.2) is 0 Å². The van der Waals surface area contributed by atoms with Crippen LogP contribution in [0.4, 0.5) is 0 Å². The number of rotatable bonds is 3. The van der Waals surface area contributed by atoms with Gasteiger partial charge in [0.1, 0.15) is 5.54 Å². The van der Waals surface area contributed by atoms with Crippen molar-refractivity contribution in [3.63, 3.8) is 0 Å². The largest absolute Gasteiger partial charge is 0.480 e. The van der Waals surface area contributed by atoms with Gasteiger partial charge in [0.2, 0.25) is 0 Å². The van der Waals surface area contributed by atoms with E-state index < -0.39 is 11.5 Å². The van der Waals surface area contributed by atoms with Gasteiger partial charge in [-0.1, -0.05) is 18.2 Å². The lowest BCUT2D eigenvalue weighted by molar-refractivity contribution is -0.142. The van der Waals surface area contributed by atoms with Gasteiger partial charge in [-0.2, -0.15) is 0 Å². The molecule has 0 fully saturated rings. The average molecular weight is 218 g/mol. The van der Waals surface area contributed by atoms with Crippen LogP contribution in [0.3, 0.4) is 0 Å². The molecule has 2 aromatic rings. The van der Waals surface area contributed by atoms with Crippen molar-refractivity contribution in [1.82, 2.24) is 4.98 Å². The smallest absolute Gasteiger partial charge is 0.323 e. The van der Waals surface area contributed by atoms with Crippen LogP contribution >= 0.6 is 0 Å². The van der Waals surface area contributed by atoms with Gasteiger partial charge in [0.05, 0.1) is 0 Å². The van der Waals surface area contributed by atoms with Crippen molar-refractivity contribution in [3.05, 3.63) is 36.0 Å². The molecule has 1 atom stereocenters. The first-order valence-electron chi connectivity index (χ1n) is 5.08. The molecule has 0 aliphatic heterocycles. The average Bonchev–Trinajstić information content (AvgIpc) is 2.61. The highest BCUT2D eigenvalue weighted by Gasteiger charge is 2.28. The zero-order valence-corrected chi connectivity index (χ0v) is 9.03. The standard InChI is InChI=1S/C12H14N2O2/c1-12(13,11(15)16)6-8-7-14-10-5-3-2-4-9(8)10/h2-5,7,14H,6,13H2,1H3,(H,15,16). The molecule has 1 heterocycles. The van der Waals surface area contributed by atoms with E-state index >= 15 is 0 Å². The lowest BCUT2D eigenvalue weighted by atomic mass is 9.94. The molecule has 84 valence electrons. The Balaban J connectivity index is 2.38. The van der Waals surface area contributed by atoms with Crippen LogP contribution in [-0.2, 0) is 11.2 Å². The summed E-state index contributed by atoms with van der Waals surface area (Å²) >= 11 is 0. The summed E-state index contributed by atoms with van der Waals surface area (Å²) in [5.74, 6) is -0.988. The van der Waals surface area contributed by atoms with Crippen LogP contribution in [-0.4, -0.2) is 21.6 Å². The van der Waals surface area contributed by atoms with Crippen molar-refractivity contribution in [3.8, 4) is 0 Å². The zero-order chi connectivity index (χ0) is 11.8. The fourth-order valence-electron chi connectivity index (χ4n) is 1.75. The number of para-hydroxylation sites is 1. The molecule has 4 N–H and O–H groups in total. The Morgan fingerprint density at radius 1 is 1.50 bits per heavy atom. The zero-order valence-electron chi connectivity index (χ0n) is 9.03. The van der Waals surface area contributed by atoms with Gasteiger partial charge in [0.15, 0.2) is 0 Å². The highest BCUT2D eigenvalue weighted by atomic mass is 16.4. The second-order valence-electron chi connectivity index (χ2n) is 4.26. The van der Waals surface area contributed by atoms with Gasteiger partial charge in [0.25, 0.3) is 0 Å². The molecule has 4 nitrogen and oxygen atoms in total. The van der Waals surface area contributed by atoms with Crippen LogP contribution in [0.15, 0.2) is 30.5 Å². The number of benzene rings is 1. The summed E-state index contributed by atoms with van der Waals surface area (Å²) in [7, 11) is 0. The Morgan fingerprint density at radius 3 is 2.88 bits per heavy atom. The predicted molar refractivity (Wildman–Crippen MR) is 62.2 cm³/mol. The minimum Gasteiger partial charge on any atom is -0.480 e. The number of H-pyrrole nitrogens is 1. The summed E-state index contributed by atoms with van der Waals surface area (Å²) in [6.45, 7) is 1.52. The number of aliphatic carboxylic acids is 1. The number of nitrogens with one attached hydrogen (secondary N) is 1. The van der Waals surface area contributed by atoms with Crippen molar-refractivity contribution in [2.24, 2.45) is 5.73 Å². The second kappa shape index (κ2) is 3.64. The van der Waals surface area contributed by atoms with E-state index in [1.807, 2.05) is 30.5 Å².